The van der Waals surface area contributed by atoms with E-state index in [0.29, 0.717) is 44.5 Å². The van der Waals surface area contributed by atoms with Gasteiger partial charge in [-0.3, -0.25) is 4.90 Å². The summed E-state index contributed by atoms with van der Waals surface area (Å²) in [5.41, 5.74) is 2.58. The fraction of sp³-hybridized carbons (Fsp3) is 0.467. The summed E-state index contributed by atoms with van der Waals surface area (Å²) in [6, 6.07) is 7.44. The van der Waals surface area contributed by atoms with E-state index in [1.165, 1.54) is 19.5 Å². The van der Waals surface area contributed by atoms with Crippen molar-refractivity contribution in [1.82, 2.24) is 19.8 Å². The number of piperazine rings is 1. The Bertz CT molecular complexity index is 1390. The Morgan fingerprint density at radius 3 is 2.33 bits per heavy atom. The smallest absolute Gasteiger partial charge is 0.387 e. The normalized spacial score (nSPS) is 16.9. The summed E-state index contributed by atoms with van der Waals surface area (Å²) in [6.45, 7) is 4.85. The molecule has 2 aliphatic rings. The van der Waals surface area contributed by atoms with Crippen LogP contribution < -0.4 is 24.4 Å². The lowest BCUT2D eigenvalue weighted by Crippen LogP contribution is -2.52. The van der Waals surface area contributed by atoms with Crippen LogP contribution in [0.4, 0.5) is 26.1 Å². The number of aryl methyl sites for hydroxylation is 1. The molecule has 0 amide bonds. The summed E-state index contributed by atoms with van der Waals surface area (Å²) >= 11 is 12.9. The number of alkyl halides is 2. The van der Waals surface area contributed by atoms with Crippen molar-refractivity contribution in [3.05, 3.63) is 57.8 Å². The summed E-state index contributed by atoms with van der Waals surface area (Å²) in [5.74, 6) is 1.29. The van der Waals surface area contributed by atoms with Crippen molar-refractivity contribution in [1.29, 1.82) is 0 Å². The van der Waals surface area contributed by atoms with Gasteiger partial charge in [0.2, 0.25) is 5.95 Å². The van der Waals surface area contributed by atoms with E-state index < -0.39 is 6.61 Å². The third-order valence-corrected chi connectivity index (χ3v) is 8.90. The van der Waals surface area contributed by atoms with E-state index in [9.17, 15) is 8.78 Å². The van der Waals surface area contributed by atoms with Gasteiger partial charge in [-0.2, -0.15) is 8.78 Å². The number of likely N-dealkylation sites (N-methyl/N-ethyl adjacent to an activating group) is 1. The van der Waals surface area contributed by atoms with Gasteiger partial charge in [0.15, 0.2) is 11.5 Å². The molecule has 5 rings (SSSR count). The molecular weight excluding hydrogens is 601 g/mol. The molecule has 2 aromatic carbocycles. The van der Waals surface area contributed by atoms with E-state index in [2.05, 4.69) is 37.0 Å². The van der Waals surface area contributed by atoms with Crippen LogP contribution in [0.5, 0.6) is 17.2 Å². The van der Waals surface area contributed by atoms with Crippen LogP contribution in [0, 0.1) is 6.92 Å². The fourth-order valence-electron chi connectivity index (χ4n) is 5.52. The number of hydrogen-bond donors (Lipinski definition) is 1. The van der Waals surface area contributed by atoms with Crippen LogP contribution in [-0.4, -0.2) is 85.8 Å². The van der Waals surface area contributed by atoms with Crippen molar-refractivity contribution < 1.29 is 23.0 Å². The number of ether oxygens (including phenoxy) is 3. The lowest BCUT2D eigenvalue weighted by Gasteiger charge is -2.42. The van der Waals surface area contributed by atoms with Crippen LogP contribution in [0.3, 0.4) is 0 Å². The monoisotopic (exact) mass is 636 g/mol. The zero-order chi connectivity index (χ0) is 30.5. The van der Waals surface area contributed by atoms with Crippen LogP contribution in [0.25, 0.3) is 0 Å². The number of aromatic nitrogens is 2. The number of rotatable bonds is 10. The van der Waals surface area contributed by atoms with Gasteiger partial charge in [0, 0.05) is 62.6 Å². The SMILES string of the molecule is COc1cc(C)c(Cl)c(COc2cnc(Nc3ccc(N4CCC(N5CCN(C)CC5)CC4)c(OC(F)F)c3)nc2)c1Cl. The van der Waals surface area contributed by atoms with Crippen molar-refractivity contribution >= 4 is 40.5 Å². The molecule has 1 N–H and O–H groups in total. The van der Waals surface area contributed by atoms with Crippen molar-refractivity contribution in [3.8, 4) is 17.2 Å². The Morgan fingerprint density at radius 1 is 0.977 bits per heavy atom. The predicted octanol–water partition coefficient (Wildman–Crippen LogP) is 6.24. The first-order chi connectivity index (χ1) is 20.7. The molecule has 13 heteroatoms. The van der Waals surface area contributed by atoms with Gasteiger partial charge in [-0.1, -0.05) is 23.2 Å². The molecule has 1 aromatic heterocycles. The molecule has 0 bridgehead atoms. The quantitative estimate of drug-likeness (QED) is 0.278. The highest BCUT2D eigenvalue weighted by Crippen LogP contribution is 2.37. The number of nitrogens with zero attached hydrogens (tertiary/aromatic N) is 5. The topological polar surface area (TPSA) is 75.2 Å². The standard InChI is InChI=1S/C30H36Cl2F2N6O3/c1-19-14-26(41-3)28(32)23(27(19)31)18-42-22-16-35-30(36-17-22)37-20-4-5-24(25(15-20)43-29(33)34)40-8-6-21(7-9-40)39-12-10-38(2)11-13-39/h4-5,14-17,21,29H,6-13,18H2,1-3H3,(H,35,36,37). The van der Waals surface area contributed by atoms with Gasteiger partial charge in [-0.05, 0) is 50.6 Å². The average molecular weight is 638 g/mol. The Morgan fingerprint density at radius 2 is 1.67 bits per heavy atom. The molecule has 0 radical (unpaired) electrons. The zero-order valence-corrected chi connectivity index (χ0v) is 26.0. The second kappa shape index (κ2) is 14.1. The molecule has 0 saturated carbocycles. The number of halogens is 4. The molecule has 0 aliphatic carbocycles. The Kier molecular flexibility index (Phi) is 10.3. The first-order valence-electron chi connectivity index (χ1n) is 14.2. The maximum absolute atomic E-state index is 13.4. The second-order valence-corrected chi connectivity index (χ2v) is 11.5. The molecule has 9 nitrogen and oxygen atoms in total. The first kappa shape index (κ1) is 31.3. The Hall–Kier alpha value is -3.12. The number of benzene rings is 2. The molecule has 0 unspecified atom stereocenters. The van der Waals surface area contributed by atoms with Crippen molar-refractivity contribution in [2.24, 2.45) is 0 Å². The zero-order valence-electron chi connectivity index (χ0n) is 24.5. The summed E-state index contributed by atoms with van der Waals surface area (Å²) in [7, 11) is 3.69. The molecule has 3 aromatic rings. The summed E-state index contributed by atoms with van der Waals surface area (Å²) < 4.78 is 42.8. The van der Waals surface area contributed by atoms with E-state index >= 15 is 0 Å². The second-order valence-electron chi connectivity index (χ2n) is 10.8. The van der Waals surface area contributed by atoms with Crippen molar-refractivity contribution in [3.63, 3.8) is 0 Å². The molecule has 43 heavy (non-hydrogen) atoms. The van der Waals surface area contributed by atoms with Gasteiger partial charge in [-0.15, -0.1) is 0 Å². The highest BCUT2D eigenvalue weighted by molar-refractivity contribution is 6.37. The third kappa shape index (κ3) is 7.70. The minimum Gasteiger partial charge on any atom is -0.495 e. The van der Waals surface area contributed by atoms with Crippen LogP contribution in [-0.2, 0) is 6.61 Å². The van der Waals surface area contributed by atoms with Crippen LogP contribution in [0.15, 0.2) is 36.7 Å². The molecular formula is C30H36Cl2F2N6O3. The van der Waals surface area contributed by atoms with E-state index in [1.807, 2.05) is 13.0 Å². The molecule has 0 atom stereocenters. The third-order valence-electron chi connectivity index (χ3n) is 7.96. The summed E-state index contributed by atoms with van der Waals surface area (Å²) in [4.78, 5) is 15.6. The Labute approximate surface area is 260 Å². The highest BCUT2D eigenvalue weighted by Gasteiger charge is 2.28. The maximum atomic E-state index is 13.4. The first-order valence-corrected chi connectivity index (χ1v) is 15.0. The minimum atomic E-state index is -2.94. The van der Waals surface area contributed by atoms with Gasteiger partial charge in [0.1, 0.15) is 12.4 Å². The van der Waals surface area contributed by atoms with Gasteiger partial charge in [0.25, 0.3) is 0 Å². The van der Waals surface area contributed by atoms with Gasteiger partial charge >= 0.3 is 6.61 Å². The van der Waals surface area contributed by atoms with Crippen LogP contribution >= 0.6 is 23.2 Å². The van der Waals surface area contributed by atoms with Crippen LogP contribution in [0.1, 0.15) is 24.0 Å². The molecule has 2 saturated heterocycles. The summed E-state index contributed by atoms with van der Waals surface area (Å²) in [6.07, 6.45) is 4.96. The van der Waals surface area contributed by atoms with Crippen LogP contribution in [0.2, 0.25) is 10.0 Å². The lowest BCUT2D eigenvalue weighted by atomic mass is 10.0. The number of nitrogens with one attached hydrogen (secondary N) is 1. The molecule has 0 spiro atoms. The molecule has 232 valence electrons. The minimum absolute atomic E-state index is 0.0915. The van der Waals surface area contributed by atoms with E-state index in [4.69, 9.17) is 37.4 Å². The van der Waals surface area contributed by atoms with Gasteiger partial charge in [-0.25, -0.2) is 9.97 Å². The van der Waals surface area contributed by atoms with Gasteiger partial charge < -0.3 is 29.3 Å². The highest BCUT2D eigenvalue weighted by atomic mass is 35.5. The summed E-state index contributed by atoms with van der Waals surface area (Å²) in [5, 5.41) is 3.92. The number of piperidine rings is 1. The van der Waals surface area contributed by atoms with E-state index in [-0.39, 0.29) is 18.3 Å². The lowest BCUT2D eigenvalue weighted by molar-refractivity contribution is -0.0495. The number of anilines is 3. The van der Waals surface area contributed by atoms with Crippen molar-refractivity contribution in [2.45, 2.75) is 39.0 Å². The van der Waals surface area contributed by atoms with E-state index in [1.54, 1.807) is 18.2 Å². The van der Waals surface area contributed by atoms with Gasteiger partial charge in [0.05, 0.1) is 35.2 Å². The average Bonchev–Trinajstić information content (AvgIpc) is 3.00. The number of methoxy groups -OCH3 is 1. The predicted molar refractivity (Wildman–Crippen MR) is 165 cm³/mol. The Balaban J connectivity index is 1.22. The largest absolute Gasteiger partial charge is 0.495 e. The number of hydrogen-bond acceptors (Lipinski definition) is 9. The molecule has 3 heterocycles. The molecule has 2 aliphatic heterocycles. The van der Waals surface area contributed by atoms with E-state index in [0.717, 1.165) is 57.7 Å². The fourth-order valence-corrected chi connectivity index (χ4v) is 6.06. The maximum Gasteiger partial charge on any atom is 0.387 e. The van der Waals surface area contributed by atoms with Crippen molar-refractivity contribution in [2.75, 3.05) is 63.6 Å². The molecule has 2 fully saturated rings.